The molecular weight excluding hydrogens is 237 g/mol. The van der Waals surface area contributed by atoms with Crippen LogP contribution in [-0.2, 0) is 4.74 Å². The first-order chi connectivity index (χ1) is 7.24. The van der Waals surface area contributed by atoms with Crippen molar-refractivity contribution in [3.8, 4) is 0 Å². The van der Waals surface area contributed by atoms with Crippen molar-refractivity contribution < 1.29 is 4.74 Å². The van der Waals surface area contributed by atoms with Crippen LogP contribution in [0.15, 0.2) is 6.07 Å². The summed E-state index contributed by atoms with van der Waals surface area (Å²) in [7, 11) is 1.69. The molecule has 0 unspecified atom stereocenters. The maximum absolute atomic E-state index is 5.82. The first kappa shape index (κ1) is 12.5. The first-order valence-electron chi connectivity index (χ1n) is 4.65. The van der Waals surface area contributed by atoms with Crippen molar-refractivity contribution in [1.29, 1.82) is 0 Å². The number of nitrogens with one attached hydrogen (secondary N) is 1. The Hall–Kier alpha value is -0.580. The summed E-state index contributed by atoms with van der Waals surface area (Å²) in [4.78, 5) is 0. The number of unbranched alkanes of at least 4 members (excludes halogenated alkanes) is 1. The second-order valence-corrected chi connectivity index (χ2v) is 3.74. The van der Waals surface area contributed by atoms with Crippen molar-refractivity contribution in [3.63, 3.8) is 0 Å². The Morgan fingerprint density at radius 2 is 2.13 bits per heavy atom. The van der Waals surface area contributed by atoms with Gasteiger partial charge in [-0.3, -0.25) is 0 Å². The average Bonchev–Trinajstić information content (AvgIpc) is 2.23. The second kappa shape index (κ2) is 6.82. The van der Waals surface area contributed by atoms with Crippen molar-refractivity contribution in [2.45, 2.75) is 12.8 Å². The standard InChI is InChI=1S/C9H13Cl2N3O/c1-15-5-3-2-4-12-7-6-8(10)13-14-9(7)11/h6H,2-5H2,1H3,(H,12,13). The predicted octanol–water partition coefficient (Wildman–Crippen LogP) is 2.62. The molecule has 1 rings (SSSR count). The lowest BCUT2D eigenvalue weighted by atomic mass is 10.3. The lowest BCUT2D eigenvalue weighted by Gasteiger charge is -2.06. The molecule has 0 fully saturated rings. The van der Waals surface area contributed by atoms with Crippen molar-refractivity contribution in [2.24, 2.45) is 0 Å². The highest BCUT2D eigenvalue weighted by atomic mass is 35.5. The fraction of sp³-hybridized carbons (Fsp3) is 0.556. The zero-order chi connectivity index (χ0) is 11.1. The number of ether oxygens (including phenoxy) is 1. The highest BCUT2D eigenvalue weighted by Crippen LogP contribution is 2.20. The molecule has 1 N–H and O–H groups in total. The maximum Gasteiger partial charge on any atom is 0.174 e. The van der Waals surface area contributed by atoms with Crippen LogP contribution in [0.1, 0.15) is 12.8 Å². The van der Waals surface area contributed by atoms with Crippen LogP contribution in [0.25, 0.3) is 0 Å². The fourth-order valence-corrected chi connectivity index (χ4v) is 1.38. The minimum absolute atomic E-state index is 0.332. The van der Waals surface area contributed by atoms with E-state index in [1.807, 2.05) is 0 Å². The van der Waals surface area contributed by atoms with E-state index in [1.165, 1.54) is 0 Å². The molecule has 4 nitrogen and oxygen atoms in total. The van der Waals surface area contributed by atoms with E-state index in [4.69, 9.17) is 27.9 Å². The van der Waals surface area contributed by atoms with Gasteiger partial charge in [0.1, 0.15) is 0 Å². The molecule has 0 aliphatic carbocycles. The summed E-state index contributed by atoms with van der Waals surface area (Å²) in [5.41, 5.74) is 0.717. The van der Waals surface area contributed by atoms with E-state index in [9.17, 15) is 0 Å². The summed E-state index contributed by atoms with van der Waals surface area (Å²) in [5, 5.41) is 11.1. The molecule has 0 aromatic carbocycles. The van der Waals surface area contributed by atoms with E-state index in [-0.39, 0.29) is 0 Å². The lowest BCUT2D eigenvalue weighted by molar-refractivity contribution is 0.194. The van der Waals surface area contributed by atoms with Gasteiger partial charge in [0.25, 0.3) is 0 Å². The maximum atomic E-state index is 5.82. The third-order valence-electron chi connectivity index (χ3n) is 1.81. The summed E-state index contributed by atoms with van der Waals surface area (Å²) < 4.78 is 4.94. The van der Waals surface area contributed by atoms with E-state index in [0.29, 0.717) is 16.0 Å². The Labute approximate surface area is 98.9 Å². The Kier molecular flexibility index (Phi) is 5.68. The molecule has 0 atom stereocenters. The van der Waals surface area contributed by atoms with E-state index in [2.05, 4.69) is 15.5 Å². The average molecular weight is 250 g/mol. The largest absolute Gasteiger partial charge is 0.385 e. The summed E-state index contributed by atoms with van der Waals surface area (Å²) in [6, 6.07) is 1.66. The normalized spacial score (nSPS) is 10.3. The minimum Gasteiger partial charge on any atom is -0.385 e. The van der Waals surface area contributed by atoms with Gasteiger partial charge in [-0.2, -0.15) is 0 Å². The third-order valence-corrected chi connectivity index (χ3v) is 2.27. The molecule has 0 aliphatic heterocycles. The SMILES string of the molecule is COCCCCNc1cc(Cl)nnc1Cl. The summed E-state index contributed by atoms with van der Waals surface area (Å²) in [6.07, 6.45) is 2.01. The van der Waals surface area contributed by atoms with Crippen LogP contribution in [0.4, 0.5) is 5.69 Å². The van der Waals surface area contributed by atoms with Gasteiger partial charge >= 0.3 is 0 Å². The summed E-state index contributed by atoms with van der Waals surface area (Å²) in [5.74, 6) is 0. The van der Waals surface area contributed by atoms with E-state index in [0.717, 1.165) is 26.0 Å². The number of aromatic nitrogens is 2. The lowest BCUT2D eigenvalue weighted by Crippen LogP contribution is -2.04. The van der Waals surface area contributed by atoms with Crippen molar-refractivity contribution >= 4 is 28.9 Å². The number of anilines is 1. The molecule has 0 bridgehead atoms. The second-order valence-electron chi connectivity index (χ2n) is 3.00. The van der Waals surface area contributed by atoms with Crippen molar-refractivity contribution in [1.82, 2.24) is 10.2 Å². The molecule has 0 spiro atoms. The van der Waals surface area contributed by atoms with Crippen LogP contribution < -0.4 is 5.32 Å². The topological polar surface area (TPSA) is 47.0 Å². The monoisotopic (exact) mass is 249 g/mol. The van der Waals surface area contributed by atoms with Crippen LogP contribution in [0.2, 0.25) is 10.3 Å². The number of rotatable bonds is 6. The molecular formula is C9H13Cl2N3O. The molecule has 1 heterocycles. The Morgan fingerprint density at radius 1 is 1.33 bits per heavy atom. The number of hydrogen-bond donors (Lipinski definition) is 1. The highest BCUT2D eigenvalue weighted by molar-refractivity contribution is 6.33. The minimum atomic E-state index is 0.332. The Morgan fingerprint density at radius 3 is 2.87 bits per heavy atom. The molecule has 0 amide bonds. The molecule has 6 heteroatoms. The first-order valence-corrected chi connectivity index (χ1v) is 5.41. The van der Waals surface area contributed by atoms with Crippen LogP contribution in [0, 0.1) is 0 Å². The molecule has 0 aliphatic rings. The predicted molar refractivity (Wildman–Crippen MR) is 61.7 cm³/mol. The molecule has 15 heavy (non-hydrogen) atoms. The van der Waals surface area contributed by atoms with Crippen molar-refractivity contribution in [3.05, 3.63) is 16.4 Å². The molecule has 0 saturated carbocycles. The molecule has 1 aromatic rings. The van der Waals surface area contributed by atoms with Gasteiger partial charge in [-0.1, -0.05) is 23.2 Å². The molecule has 84 valence electrons. The number of nitrogens with zero attached hydrogens (tertiary/aromatic N) is 2. The van der Waals surface area contributed by atoms with E-state index in [1.54, 1.807) is 13.2 Å². The van der Waals surface area contributed by atoms with Gasteiger partial charge in [0.2, 0.25) is 0 Å². The highest BCUT2D eigenvalue weighted by Gasteiger charge is 2.02. The van der Waals surface area contributed by atoms with Gasteiger partial charge in [0, 0.05) is 26.3 Å². The zero-order valence-corrected chi connectivity index (χ0v) is 9.98. The van der Waals surface area contributed by atoms with Gasteiger partial charge in [-0.25, -0.2) is 0 Å². The van der Waals surface area contributed by atoms with Crippen LogP contribution in [-0.4, -0.2) is 30.5 Å². The smallest absolute Gasteiger partial charge is 0.174 e. The Bertz CT molecular complexity index is 309. The van der Waals surface area contributed by atoms with Gasteiger partial charge < -0.3 is 10.1 Å². The molecule has 0 radical (unpaired) electrons. The van der Waals surface area contributed by atoms with Crippen molar-refractivity contribution in [2.75, 3.05) is 25.6 Å². The quantitative estimate of drug-likeness (QED) is 0.788. The van der Waals surface area contributed by atoms with Crippen LogP contribution >= 0.6 is 23.2 Å². The van der Waals surface area contributed by atoms with E-state index >= 15 is 0 Å². The number of hydrogen-bond acceptors (Lipinski definition) is 4. The Balaban J connectivity index is 2.33. The third kappa shape index (κ3) is 4.64. The van der Waals surface area contributed by atoms with Gasteiger partial charge in [-0.05, 0) is 12.8 Å². The van der Waals surface area contributed by atoms with E-state index < -0.39 is 0 Å². The van der Waals surface area contributed by atoms with Crippen LogP contribution in [0.3, 0.4) is 0 Å². The van der Waals surface area contributed by atoms with Gasteiger partial charge in [0.05, 0.1) is 5.69 Å². The zero-order valence-electron chi connectivity index (χ0n) is 8.46. The number of methoxy groups -OCH3 is 1. The van der Waals surface area contributed by atoms with Crippen LogP contribution in [0.5, 0.6) is 0 Å². The number of halogens is 2. The van der Waals surface area contributed by atoms with Gasteiger partial charge in [0.15, 0.2) is 10.3 Å². The summed E-state index contributed by atoms with van der Waals surface area (Å²) in [6.45, 7) is 1.58. The summed E-state index contributed by atoms with van der Waals surface area (Å²) >= 11 is 11.5. The molecule has 0 saturated heterocycles. The molecule has 1 aromatic heterocycles. The van der Waals surface area contributed by atoms with Gasteiger partial charge in [-0.15, -0.1) is 10.2 Å². The fourth-order valence-electron chi connectivity index (χ4n) is 1.07.